The summed E-state index contributed by atoms with van der Waals surface area (Å²) in [4.78, 5) is 16.1. The Morgan fingerprint density at radius 3 is 3.08 bits per heavy atom. The predicted octanol–water partition coefficient (Wildman–Crippen LogP) is 1.81. The fraction of sp³-hybridized carbons (Fsp3) is 0.471. The number of aromatic nitrogens is 3. The topological polar surface area (TPSA) is 95.1 Å². The minimum Gasteiger partial charge on any atom is -0.492 e. The van der Waals surface area contributed by atoms with Crippen molar-refractivity contribution >= 4 is 11.6 Å². The van der Waals surface area contributed by atoms with Crippen LogP contribution in [0.15, 0.2) is 36.9 Å². The molecule has 1 saturated carbocycles. The summed E-state index contributed by atoms with van der Waals surface area (Å²) < 4.78 is 7.40. The Hall–Kier alpha value is -2.41. The van der Waals surface area contributed by atoms with E-state index in [1.54, 1.807) is 11.0 Å². The van der Waals surface area contributed by atoms with Gasteiger partial charge in [0.25, 0.3) is 0 Å². The van der Waals surface area contributed by atoms with Gasteiger partial charge in [0.05, 0.1) is 6.54 Å². The van der Waals surface area contributed by atoms with Crippen LogP contribution >= 0.6 is 0 Å². The molecule has 0 aliphatic heterocycles. The van der Waals surface area contributed by atoms with E-state index in [0.29, 0.717) is 31.2 Å². The second kappa shape index (κ2) is 7.92. The van der Waals surface area contributed by atoms with Gasteiger partial charge in [-0.3, -0.25) is 4.79 Å². The van der Waals surface area contributed by atoms with Gasteiger partial charge in [-0.1, -0.05) is 12.5 Å². The largest absolute Gasteiger partial charge is 0.492 e. The van der Waals surface area contributed by atoms with E-state index in [0.717, 1.165) is 24.9 Å². The quantitative estimate of drug-likeness (QED) is 0.808. The first-order valence-electron chi connectivity index (χ1n) is 8.31. The fourth-order valence-electron chi connectivity index (χ4n) is 3.04. The molecule has 7 heteroatoms. The maximum Gasteiger partial charge on any atom is 0.224 e. The van der Waals surface area contributed by atoms with Crippen LogP contribution in [0.2, 0.25) is 0 Å². The summed E-state index contributed by atoms with van der Waals surface area (Å²) >= 11 is 0. The molecule has 1 amide bonds. The zero-order valence-electron chi connectivity index (χ0n) is 13.6. The van der Waals surface area contributed by atoms with Gasteiger partial charge in [-0.25, -0.2) is 9.67 Å². The van der Waals surface area contributed by atoms with E-state index < -0.39 is 0 Å². The lowest BCUT2D eigenvalue weighted by Gasteiger charge is -2.15. The highest BCUT2D eigenvalue weighted by atomic mass is 16.5. The van der Waals surface area contributed by atoms with Gasteiger partial charge in [0.1, 0.15) is 25.0 Å². The Balaban J connectivity index is 1.48. The number of nitrogens with two attached hydrogens (primary N) is 1. The van der Waals surface area contributed by atoms with Crippen LogP contribution in [0.4, 0.5) is 5.69 Å². The first-order chi connectivity index (χ1) is 11.7. The van der Waals surface area contributed by atoms with Gasteiger partial charge in [-0.2, -0.15) is 5.10 Å². The SMILES string of the molecule is N[C@@H]1CCC[C@H]1CC(=O)Nc1cccc(OCCn2cncn2)c1. The van der Waals surface area contributed by atoms with Crippen LogP contribution in [-0.2, 0) is 11.3 Å². The number of carbonyl (C=O) groups is 1. The lowest BCUT2D eigenvalue weighted by molar-refractivity contribution is -0.117. The van der Waals surface area contributed by atoms with Crippen LogP contribution in [0, 0.1) is 5.92 Å². The van der Waals surface area contributed by atoms with Crippen LogP contribution < -0.4 is 15.8 Å². The number of nitrogens with zero attached hydrogens (tertiary/aromatic N) is 3. The third-order valence-corrected chi connectivity index (χ3v) is 4.34. The number of carbonyl (C=O) groups excluding carboxylic acids is 1. The third kappa shape index (κ3) is 4.55. The van der Waals surface area contributed by atoms with Gasteiger partial charge in [0.15, 0.2) is 0 Å². The van der Waals surface area contributed by atoms with Gasteiger partial charge >= 0.3 is 0 Å². The van der Waals surface area contributed by atoms with E-state index in [1.807, 2.05) is 24.3 Å². The zero-order valence-corrected chi connectivity index (χ0v) is 13.6. The molecule has 0 unspecified atom stereocenters. The van der Waals surface area contributed by atoms with Gasteiger partial charge in [-0.15, -0.1) is 0 Å². The van der Waals surface area contributed by atoms with Crippen LogP contribution in [0.1, 0.15) is 25.7 Å². The Bertz CT molecular complexity index is 659. The van der Waals surface area contributed by atoms with Gasteiger partial charge in [0, 0.05) is 24.2 Å². The van der Waals surface area contributed by atoms with Crippen molar-refractivity contribution in [1.82, 2.24) is 14.8 Å². The van der Waals surface area contributed by atoms with Crippen molar-refractivity contribution in [3.8, 4) is 5.75 Å². The van der Waals surface area contributed by atoms with E-state index in [2.05, 4.69) is 15.4 Å². The molecule has 0 spiro atoms. The molecule has 3 rings (SSSR count). The Kier molecular flexibility index (Phi) is 5.43. The summed E-state index contributed by atoms with van der Waals surface area (Å²) in [6, 6.07) is 7.57. The zero-order chi connectivity index (χ0) is 16.8. The number of nitrogens with one attached hydrogen (secondary N) is 1. The smallest absolute Gasteiger partial charge is 0.224 e. The first-order valence-corrected chi connectivity index (χ1v) is 8.31. The van der Waals surface area contributed by atoms with E-state index in [9.17, 15) is 4.79 Å². The van der Waals surface area contributed by atoms with E-state index in [1.165, 1.54) is 6.33 Å². The van der Waals surface area contributed by atoms with Crippen LogP contribution in [0.5, 0.6) is 5.75 Å². The number of amides is 1. The number of rotatable bonds is 7. The van der Waals surface area contributed by atoms with Gasteiger partial charge < -0.3 is 15.8 Å². The van der Waals surface area contributed by atoms with Crippen molar-refractivity contribution in [3.05, 3.63) is 36.9 Å². The molecule has 1 aliphatic rings. The maximum atomic E-state index is 12.2. The van der Waals surface area contributed by atoms with Crippen LogP contribution in [0.25, 0.3) is 0 Å². The van der Waals surface area contributed by atoms with Crippen LogP contribution in [-0.4, -0.2) is 33.3 Å². The third-order valence-electron chi connectivity index (χ3n) is 4.34. The van der Waals surface area contributed by atoms with Crippen LogP contribution in [0.3, 0.4) is 0 Å². The maximum absolute atomic E-state index is 12.2. The monoisotopic (exact) mass is 329 g/mol. The highest BCUT2D eigenvalue weighted by Gasteiger charge is 2.25. The molecule has 3 N–H and O–H groups in total. The molecule has 0 saturated heterocycles. The van der Waals surface area contributed by atoms with Gasteiger partial charge in [-0.05, 0) is 30.9 Å². The van der Waals surface area contributed by atoms with E-state index in [4.69, 9.17) is 10.5 Å². The highest BCUT2D eigenvalue weighted by Crippen LogP contribution is 2.27. The molecule has 128 valence electrons. The summed E-state index contributed by atoms with van der Waals surface area (Å²) in [7, 11) is 0. The number of benzene rings is 1. The second-order valence-corrected chi connectivity index (χ2v) is 6.14. The number of hydrogen-bond acceptors (Lipinski definition) is 5. The fourth-order valence-corrected chi connectivity index (χ4v) is 3.04. The average molecular weight is 329 g/mol. The second-order valence-electron chi connectivity index (χ2n) is 6.14. The lowest BCUT2D eigenvalue weighted by Crippen LogP contribution is -2.28. The Labute approximate surface area is 141 Å². The molecule has 1 heterocycles. The standard InChI is InChI=1S/C17H23N5O2/c18-16-6-1-3-13(16)9-17(23)21-14-4-2-5-15(10-14)24-8-7-22-12-19-11-20-22/h2,4-5,10-13,16H,1,3,6-9,18H2,(H,21,23)/t13-,16+/m0/s1. The molecule has 1 fully saturated rings. The molecule has 1 aromatic carbocycles. The molecule has 7 nitrogen and oxygen atoms in total. The molecular formula is C17H23N5O2. The molecule has 1 aliphatic carbocycles. The van der Waals surface area contributed by atoms with Crippen molar-refractivity contribution in [2.45, 2.75) is 38.3 Å². The molecule has 2 aromatic rings. The Morgan fingerprint density at radius 1 is 1.42 bits per heavy atom. The van der Waals surface area contributed by atoms with Crippen molar-refractivity contribution in [3.63, 3.8) is 0 Å². The summed E-state index contributed by atoms with van der Waals surface area (Å²) in [6.07, 6.45) is 6.81. The van der Waals surface area contributed by atoms with Crippen molar-refractivity contribution in [2.75, 3.05) is 11.9 Å². The number of ether oxygens (including phenoxy) is 1. The van der Waals surface area contributed by atoms with E-state index in [-0.39, 0.29) is 11.9 Å². The van der Waals surface area contributed by atoms with E-state index >= 15 is 0 Å². The lowest BCUT2D eigenvalue weighted by atomic mass is 10.00. The van der Waals surface area contributed by atoms with Crippen molar-refractivity contribution in [1.29, 1.82) is 0 Å². The first kappa shape index (κ1) is 16.4. The van der Waals surface area contributed by atoms with Gasteiger partial charge in [0.2, 0.25) is 5.91 Å². The summed E-state index contributed by atoms with van der Waals surface area (Å²) in [5, 5.41) is 6.95. The highest BCUT2D eigenvalue weighted by molar-refractivity contribution is 5.91. The molecule has 2 atom stereocenters. The number of anilines is 1. The summed E-state index contributed by atoms with van der Waals surface area (Å²) in [5.74, 6) is 1.02. The average Bonchev–Trinajstić information content (AvgIpc) is 3.20. The van der Waals surface area contributed by atoms with Crippen molar-refractivity contribution < 1.29 is 9.53 Å². The Morgan fingerprint density at radius 2 is 2.33 bits per heavy atom. The molecule has 0 radical (unpaired) electrons. The summed E-state index contributed by atoms with van der Waals surface area (Å²) in [6.45, 7) is 1.11. The normalized spacial score (nSPS) is 20.0. The molecule has 24 heavy (non-hydrogen) atoms. The minimum absolute atomic E-state index is 0.0112. The van der Waals surface area contributed by atoms with Crippen molar-refractivity contribution in [2.24, 2.45) is 11.7 Å². The predicted molar refractivity (Wildman–Crippen MR) is 90.5 cm³/mol. The number of hydrogen-bond donors (Lipinski definition) is 2. The molecule has 1 aromatic heterocycles. The molecular weight excluding hydrogens is 306 g/mol. The molecule has 0 bridgehead atoms. The minimum atomic E-state index is 0.0112. The summed E-state index contributed by atoms with van der Waals surface area (Å²) in [5.41, 5.74) is 6.77.